The molecule has 8 aromatic carbocycles. The summed E-state index contributed by atoms with van der Waals surface area (Å²) >= 11 is 0. The monoisotopic (exact) mass is 1100 g/mol. The zero-order valence-electron chi connectivity index (χ0n) is 50.2. The molecule has 0 fully saturated rings. The fourth-order valence-corrected chi connectivity index (χ4v) is 12.1. The van der Waals surface area contributed by atoms with Gasteiger partial charge in [0.1, 0.15) is 36.2 Å². The molecule has 0 saturated carbocycles. The molecular formula is C74H84O8. The SMILES string of the molecule is CC(C)(CO)COc1ccc(C2(c3ccc(OCC(C)(C)CO)cc3)c3ccccc3-c3ccccc32)cc1.Cc1cc(OCCO)c(C(C)(C)C)cc1C1(c2cc(C(C)(C)C)c(OCCO)cc2C)c2ccccc2-c2ccccc21. The second kappa shape index (κ2) is 23.6. The molecule has 0 saturated heterocycles. The van der Waals surface area contributed by atoms with E-state index in [1.54, 1.807) is 0 Å². The summed E-state index contributed by atoms with van der Waals surface area (Å²) in [6.45, 7) is 27.0. The van der Waals surface area contributed by atoms with Crippen LogP contribution in [0.3, 0.4) is 0 Å². The smallest absolute Gasteiger partial charge is 0.123 e. The predicted octanol–water partition coefficient (Wildman–Crippen LogP) is 14.8. The predicted molar refractivity (Wildman–Crippen MR) is 332 cm³/mol. The maximum Gasteiger partial charge on any atom is 0.123 e. The summed E-state index contributed by atoms with van der Waals surface area (Å²) in [5.41, 5.74) is 17.1. The Kier molecular flexibility index (Phi) is 17.1. The highest BCUT2D eigenvalue weighted by atomic mass is 16.5. The molecule has 0 radical (unpaired) electrons. The van der Waals surface area contributed by atoms with E-state index >= 15 is 0 Å². The Hall–Kier alpha value is -7.20. The molecule has 4 N–H and O–H groups in total. The third kappa shape index (κ3) is 11.2. The van der Waals surface area contributed by atoms with Gasteiger partial charge in [-0.05, 0) is 162 Å². The molecular weight excluding hydrogens is 1020 g/mol. The summed E-state index contributed by atoms with van der Waals surface area (Å²) < 4.78 is 24.4. The van der Waals surface area contributed by atoms with Crippen molar-refractivity contribution in [3.05, 3.63) is 237 Å². The van der Waals surface area contributed by atoms with Crippen LogP contribution in [0.2, 0.25) is 0 Å². The molecule has 0 unspecified atom stereocenters. The topological polar surface area (TPSA) is 118 Å². The molecule has 428 valence electrons. The van der Waals surface area contributed by atoms with E-state index < -0.39 is 10.8 Å². The van der Waals surface area contributed by atoms with E-state index in [4.69, 9.17) is 18.9 Å². The van der Waals surface area contributed by atoms with Crippen LogP contribution in [0.25, 0.3) is 22.3 Å². The molecule has 2 aliphatic carbocycles. The third-order valence-corrected chi connectivity index (χ3v) is 16.4. The van der Waals surface area contributed by atoms with E-state index in [-0.39, 0.29) is 61.3 Å². The molecule has 10 rings (SSSR count). The summed E-state index contributed by atoms with van der Waals surface area (Å²) in [5, 5.41) is 38.4. The highest BCUT2D eigenvalue weighted by Gasteiger charge is 2.49. The van der Waals surface area contributed by atoms with Crippen LogP contribution in [0.15, 0.2) is 170 Å². The van der Waals surface area contributed by atoms with E-state index in [0.717, 1.165) is 56.4 Å². The van der Waals surface area contributed by atoms with Crippen LogP contribution in [0.4, 0.5) is 0 Å². The average Bonchev–Trinajstić information content (AvgIpc) is 2.70. The second-order valence-corrected chi connectivity index (χ2v) is 25.9. The number of hydrogen-bond acceptors (Lipinski definition) is 8. The number of aryl methyl sites for hydroxylation is 2. The van der Waals surface area contributed by atoms with E-state index in [2.05, 4.69) is 201 Å². The van der Waals surface area contributed by atoms with Crippen LogP contribution in [-0.2, 0) is 21.7 Å². The minimum atomic E-state index is -0.591. The Balaban J connectivity index is 0.000000198. The van der Waals surface area contributed by atoms with Crippen LogP contribution >= 0.6 is 0 Å². The molecule has 0 amide bonds. The Labute approximate surface area is 487 Å². The molecule has 0 atom stereocenters. The Bertz CT molecular complexity index is 3290. The first-order valence-corrected chi connectivity index (χ1v) is 28.9. The molecule has 0 aliphatic heterocycles. The van der Waals surface area contributed by atoms with Crippen molar-refractivity contribution < 1.29 is 39.4 Å². The number of hydrogen-bond donors (Lipinski definition) is 4. The van der Waals surface area contributed by atoms with E-state index in [0.29, 0.717) is 13.2 Å². The van der Waals surface area contributed by atoms with Gasteiger partial charge in [0.2, 0.25) is 0 Å². The van der Waals surface area contributed by atoms with E-state index in [1.165, 1.54) is 55.6 Å². The lowest BCUT2D eigenvalue weighted by Gasteiger charge is -2.39. The van der Waals surface area contributed by atoms with Crippen LogP contribution < -0.4 is 18.9 Å². The van der Waals surface area contributed by atoms with Gasteiger partial charge in [-0.15, -0.1) is 0 Å². The van der Waals surface area contributed by atoms with Crippen LogP contribution in [0.1, 0.15) is 136 Å². The average molecular weight is 1100 g/mol. The zero-order chi connectivity index (χ0) is 58.8. The van der Waals surface area contributed by atoms with Crippen LogP contribution in [0.5, 0.6) is 23.0 Å². The summed E-state index contributed by atoms with van der Waals surface area (Å²) in [5.74, 6) is 3.20. The van der Waals surface area contributed by atoms with Crippen molar-refractivity contribution in [1.82, 2.24) is 0 Å². The maximum atomic E-state index is 9.61. The van der Waals surface area contributed by atoms with Crippen LogP contribution in [0, 0.1) is 24.7 Å². The van der Waals surface area contributed by atoms with Gasteiger partial charge in [-0.3, -0.25) is 0 Å². The van der Waals surface area contributed by atoms with Gasteiger partial charge >= 0.3 is 0 Å². The molecule has 2 aliphatic rings. The van der Waals surface area contributed by atoms with Crippen molar-refractivity contribution in [2.75, 3.05) is 52.9 Å². The lowest BCUT2D eigenvalue weighted by atomic mass is 9.63. The Morgan fingerprint density at radius 1 is 0.354 bits per heavy atom. The third-order valence-electron chi connectivity index (χ3n) is 16.4. The van der Waals surface area contributed by atoms with Crippen molar-refractivity contribution in [3.63, 3.8) is 0 Å². The number of aliphatic hydroxyl groups is 4. The van der Waals surface area contributed by atoms with E-state index in [1.807, 2.05) is 52.0 Å². The van der Waals surface area contributed by atoms with E-state index in [9.17, 15) is 20.4 Å². The normalized spacial score (nSPS) is 14.0. The van der Waals surface area contributed by atoms with Gasteiger partial charge in [0.25, 0.3) is 0 Å². The first kappa shape index (κ1) is 59.4. The summed E-state index contributed by atoms with van der Waals surface area (Å²) in [7, 11) is 0. The standard InChI is InChI=1S/C39H46O4.C35H38O4/c1-25-21-35(42-19-17-40)33(37(3,4)5)23-31(25)39(29-15-11-9-13-27(29)28-14-10-12-16-30(28)39)32-24-34(38(6,7)8)36(22-26(32)2)43-20-18-41;1-33(2,21-36)23-38-27-17-13-25(14-18-27)35(26-15-19-28(20-16-26)39-24-34(3,4)22-37)31-11-7-5-9-29(31)30-10-6-8-12-32(30)35/h9-16,21-24,40-41H,17-20H2,1-8H3;5-20,36-37H,21-24H2,1-4H3. The number of ether oxygens (including phenoxy) is 4. The van der Waals surface area contributed by atoms with Crippen LogP contribution in [-0.4, -0.2) is 73.3 Å². The number of benzene rings is 8. The lowest BCUT2D eigenvalue weighted by molar-refractivity contribution is 0.0975. The first-order chi connectivity index (χ1) is 39.0. The summed E-state index contributed by atoms with van der Waals surface area (Å²) in [6, 6.07) is 60.7. The van der Waals surface area contributed by atoms with Gasteiger partial charge < -0.3 is 39.4 Å². The number of aliphatic hydroxyl groups excluding tert-OH is 4. The maximum absolute atomic E-state index is 9.61. The Morgan fingerprint density at radius 3 is 0.951 bits per heavy atom. The quantitative estimate of drug-likeness (QED) is 0.0671. The van der Waals surface area contributed by atoms with Gasteiger partial charge in [-0.25, -0.2) is 0 Å². The van der Waals surface area contributed by atoms with Crippen molar-refractivity contribution >= 4 is 0 Å². The molecule has 0 spiro atoms. The number of fused-ring (bicyclic) bond motifs is 6. The van der Waals surface area contributed by atoms with Gasteiger partial charge in [0.15, 0.2) is 0 Å². The van der Waals surface area contributed by atoms with Crippen molar-refractivity contribution in [1.29, 1.82) is 0 Å². The van der Waals surface area contributed by atoms with Gasteiger partial charge in [0, 0.05) is 10.8 Å². The van der Waals surface area contributed by atoms with Crippen molar-refractivity contribution in [2.45, 2.75) is 105 Å². The molecule has 0 heterocycles. The van der Waals surface area contributed by atoms with Crippen molar-refractivity contribution in [3.8, 4) is 45.3 Å². The van der Waals surface area contributed by atoms with Crippen molar-refractivity contribution in [2.24, 2.45) is 10.8 Å². The minimum Gasteiger partial charge on any atom is -0.493 e. The summed E-state index contributed by atoms with van der Waals surface area (Å²) in [6.07, 6.45) is 0. The number of rotatable bonds is 18. The molecule has 0 bridgehead atoms. The fourth-order valence-electron chi connectivity index (χ4n) is 12.1. The zero-order valence-corrected chi connectivity index (χ0v) is 50.2. The minimum absolute atomic E-state index is 0.0332. The molecule has 0 aromatic heterocycles. The Morgan fingerprint density at radius 2 is 0.659 bits per heavy atom. The second-order valence-electron chi connectivity index (χ2n) is 25.9. The molecule has 8 nitrogen and oxygen atoms in total. The van der Waals surface area contributed by atoms with Gasteiger partial charge in [-0.2, -0.15) is 0 Å². The first-order valence-electron chi connectivity index (χ1n) is 28.9. The molecule has 8 aromatic rings. The highest BCUT2D eigenvalue weighted by Crippen LogP contribution is 2.60. The van der Waals surface area contributed by atoms with Gasteiger partial charge in [0.05, 0.1) is 50.5 Å². The molecule has 82 heavy (non-hydrogen) atoms. The summed E-state index contributed by atoms with van der Waals surface area (Å²) in [4.78, 5) is 0. The molecule has 8 heteroatoms. The largest absolute Gasteiger partial charge is 0.493 e. The highest BCUT2D eigenvalue weighted by molar-refractivity contribution is 5.88. The fraction of sp³-hybridized carbons (Fsp3) is 0.351. The van der Waals surface area contributed by atoms with Gasteiger partial charge in [-0.1, -0.05) is 191 Å². The lowest BCUT2D eigenvalue weighted by Crippen LogP contribution is -2.32.